The Kier molecular flexibility index (Phi) is 8.68. The number of carbonyl (C=O) groups is 2. The lowest BCUT2D eigenvalue weighted by Gasteiger charge is -2.32. The number of benzene rings is 3. The summed E-state index contributed by atoms with van der Waals surface area (Å²) >= 11 is 1.29. The Hall–Kier alpha value is -3.98. The predicted molar refractivity (Wildman–Crippen MR) is 146 cm³/mol. The lowest BCUT2D eigenvalue weighted by atomic mass is 10.1. The number of amidine groups is 1. The molecule has 0 bridgehead atoms. The number of amides is 2. The number of nitrogens with zero attached hydrogens (tertiary/aromatic N) is 2. The highest BCUT2D eigenvalue weighted by Gasteiger charge is 2.36. The van der Waals surface area contributed by atoms with Gasteiger partial charge in [0.25, 0.3) is 0 Å². The molecule has 0 saturated carbocycles. The summed E-state index contributed by atoms with van der Waals surface area (Å²) in [7, 11) is 4.73. The fraction of sp³-hybridized carbons (Fsp3) is 0.250. The summed E-state index contributed by atoms with van der Waals surface area (Å²) in [6.45, 7) is 0.411. The first-order chi connectivity index (χ1) is 18.0. The van der Waals surface area contributed by atoms with Crippen LogP contribution in [0.25, 0.3) is 0 Å². The first-order valence-corrected chi connectivity index (χ1v) is 12.7. The third-order valence-electron chi connectivity index (χ3n) is 5.85. The van der Waals surface area contributed by atoms with Crippen LogP contribution in [0.3, 0.4) is 0 Å². The zero-order chi connectivity index (χ0) is 26.2. The van der Waals surface area contributed by atoms with Crippen molar-refractivity contribution in [2.24, 2.45) is 4.99 Å². The molecule has 8 nitrogen and oxygen atoms in total. The molecule has 1 aliphatic rings. The van der Waals surface area contributed by atoms with Gasteiger partial charge in [0.2, 0.25) is 11.8 Å². The van der Waals surface area contributed by atoms with Gasteiger partial charge in [-0.05, 0) is 48.4 Å². The van der Waals surface area contributed by atoms with Crippen molar-refractivity contribution >= 4 is 40.1 Å². The third-order valence-corrected chi connectivity index (χ3v) is 7.04. The predicted octanol–water partition coefficient (Wildman–Crippen LogP) is 4.92. The largest absolute Gasteiger partial charge is 0.495 e. The number of anilines is 1. The minimum Gasteiger partial charge on any atom is -0.495 e. The van der Waals surface area contributed by atoms with Gasteiger partial charge in [0.1, 0.15) is 11.0 Å². The third kappa shape index (κ3) is 6.42. The molecule has 1 atom stereocenters. The highest BCUT2D eigenvalue weighted by Crippen LogP contribution is 2.32. The van der Waals surface area contributed by atoms with Crippen LogP contribution >= 0.6 is 11.8 Å². The number of para-hydroxylation sites is 3. The van der Waals surface area contributed by atoms with Crippen LogP contribution in [-0.4, -0.2) is 55.0 Å². The Labute approximate surface area is 220 Å². The topological polar surface area (TPSA) is 89.5 Å². The molecule has 1 fully saturated rings. The van der Waals surface area contributed by atoms with E-state index in [1.54, 1.807) is 38.4 Å². The van der Waals surface area contributed by atoms with Crippen molar-refractivity contribution in [2.45, 2.75) is 18.1 Å². The van der Waals surface area contributed by atoms with Crippen LogP contribution in [0.5, 0.6) is 17.2 Å². The molecule has 1 N–H and O–H groups in total. The van der Waals surface area contributed by atoms with E-state index in [1.807, 2.05) is 60.7 Å². The van der Waals surface area contributed by atoms with Gasteiger partial charge >= 0.3 is 0 Å². The summed E-state index contributed by atoms with van der Waals surface area (Å²) in [5, 5.41) is 2.76. The molecule has 0 unspecified atom stereocenters. The van der Waals surface area contributed by atoms with Crippen LogP contribution in [0.15, 0.2) is 77.8 Å². The van der Waals surface area contributed by atoms with E-state index in [-0.39, 0.29) is 18.2 Å². The molecule has 2 amide bonds. The van der Waals surface area contributed by atoms with Crippen LogP contribution in [0.1, 0.15) is 12.0 Å². The second-order valence-corrected chi connectivity index (χ2v) is 9.38. The van der Waals surface area contributed by atoms with Gasteiger partial charge in [-0.2, -0.15) is 0 Å². The van der Waals surface area contributed by atoms with Gasteiger partial charge in [-0.1, -0.05) is 48.2 Å². The summed E-state index contributed by atoms with van der Waals surface area (Å²) in [6, 6.07) is 22.3. The van der Waals surface area contributed by atoms with E-state index in [1.165, 1.54) is 11.8 Å². The Bertz CT molecular complexity index is 1280. The minimum atomic E-state index is -0.628. The molecule has 1 saturated heterocycles. The second-order valence-electron chi connectivity index (χ2n) is 8.21. The minimum absolute atomic E-state index is 0.0609. The summed E-state index contributed by atoms with van der Waals surface area (Å²) in [4.78, 5) is 32.9. The van der Waals surface area contributed by atoms with Crippen molar-refractivity contribution in [3.63, 3.8) is 0 Å². The Morgan fingerprint density at radius 2 is 1.65 bits per heavy atom. The zero-order valence-corrected chi connectivity index (χ0v) is 21.8. The zero-order valence-electron chi connectivity index (χ0n) is 21.0. The molecule has 37 heavy (non-hydrogen) atoms. The molecule has 1 aliphatic heterocycles. The van der Waals surface area contributed by atoms with Gasteiger partial charge in [0.05, 0.1) is 32.7 Å². The van der Waals surface area contributed by atoms with Crippen LogP contribution in [0.4, 0.5) is 11.4 Å². The molecule has 0 spiro atoms. The SMILES string of the molecule is COc1ccccc1NC(=O)[C@@H]1CC(=O)N(CCc2ccc(OC)c(OC)c2)C(=Nc2ccccc2)S1. The van der Waals surface area contributed by atoms with Crippen LogP contribution in [0.2, 0.25) is 0 Å². The lowest BCUT2D eigenvalue weighted by molar-refractivity contribution is -0.129. The number of nitrogens with one attached hydrogen (secondary N) is 1. The maximum Gasteiger partial charge on any atom is 0.238 e. The Morgan fingerprint density at radius 1 is 0.946 bits per heavy atom. The lowest BCUT2D eigenvalue weighted by Crippen LogP contribution is -2.46. The van der Waals surface area contributed by atoms with E-state index in [4.69, 9.17) is 19.2 Å². The fourth-order valence-electron chi connectivity index (χ4n) is 3.91. The molecular weight excluding hydrogens is 490 g/mol. The van der Waals surface area contributed by atoms with Crippen LogP contribution in [-0.2, 0) is 16.0 Å². The van der Waals surface area contributed by atoms with Gasteiger partial charge in [-0.3, -0.25) is 14.5 Å². The summed E-state index contributed by atoms with van der Waals surface area (Å²) in [5.74, 6) is 1.40. The van der Waals surface area contributed by atoms with E-state index < -0.39 is 5.25 Å². The summed E-state index contributed by atoms with van der Waals surface area (Å²) in [6.07, 6.45) is 0.643. The van der Waals surface area contributed by atoms with Gasteiger partial charge in [-0.15, -0.1) is 0 Å². The molecule has 3 aromatic rings. The van der Waals surface area contributed by atoms with Crippen molar-refractivity contribution in [2.75, 3.05) is 33.2 Å². The molecule has 0 aliphatic carbocycles. The highest BCUT2D eigenvalue weighted by molar-refractivity contribution is 8.15. The maximum absolute atomic E-state index is 13.3. The normalized spacial score (nSPS) is 16.4. The summed E-state index contributed by atoms with van der Waals surface area (Å²) < 4.78 is 16.1. The van der Waals surface area contributed by atoms with Crippen molar-refractivity contribution in [1.82, 2.24) is 4.90 Å². The van der Waals surface area contributed by atoms with Crippen molar-refractivity contribution < 1.29 is 23.8 Å². The maximum atomic E-state index is 13.3. The summed E-state index contributed by atoms with van der Waals surface area (Å²) in [5.41, 5.74) is 2.26. The number of rotatable bonds is 9. The number of hydrogen-bond acceptors (Lipinski definition) is 7. The number of thioether (sulfide) groups is 1. The van der Waals surface area contributed by atoms with Gasteiger partial charge < -0.3 is 19.5 Å². The smallest absolute Gasteiger partial charge is 0.238 e. The quantitative estimate of drug-likeness (QED) is 0.432. The average molecular weight is 520 g/mol. The Balaban J connectivity index is 1.54. The van der Waals surface area contributed by atoms with Gasteiger partial charge in [0.15, 0.2) is 16.7 Å². The van der Waals surface area contributed by atoms with Crippen molar-refractivity contribution in [3.8, 4) is 17.2 Å². The molecule has 1 heterocycles. The molecule has 0 radical (unpaired) electrons. The van der Waals surface area contributed by atoms with E-state index >= 15 is 0 Å². The molecule has 192 valence electrons. The Morgan fingerprint density at radius 3 is 2.38 bits per heavy atom. The molecule has 3 aromatic carbocycles. The second kappa shape index (κ2) is 12.3. The van der Waals surface area contributed by atoms with E-state index in [2.05, 4.69) is 5.32 Å². The first kappa shape index (κ1) is 26.1. The number of aliphatic imine (C=N–C) groups is 1. The fourth-order valence-corrected chi connectivity index (χ4v) is 5.04. The van der Waals surface area contributed by atoms with E-state index in [0.29, 0.717) is 46.8 Å². The standard InChI is InChI=1S/C28H29N3O5S/c1-34-22-12-8-7-11-21(22)30-27(33)25-18-26(32)31(28(37-25)29-20-9-5-4-6-10-20)16-15-19-13-14-23(35-2)24(17-19)36-3/h4-14,17,25H,15-16,18H2,1-3H3,(H,30,33)/t25-/m0/s1. The monoisotopic (exact) mass is 519 g/mol. The first-order valence-electron chi connectivity index (χ1n) is 11.8. The number of hydrogen-bond donors (Lipinski definition) is 1. The molecule has 0 aromatic heterocycles. The van der Waals surface area contributed by atoms with Crippen LogP contribution < -0.4 is 19.5 Å². The van der Waals surface area contributed by atoms with E-state index in [9.17, 15) is 9.59 Å². The van der Waals surface area contributed by atoms with Crippen LogP contribution in [0, 0.1) is 0 Å². The van der Waals surface area contributed by atoms with Gasteiger partial charge in [0, 0.05) is 13.0 Å². The van der Waals surface area contributed by atoms with Crippen molar-refractivity contribution in [3.05, 3.63) is 78.4 Å². The van der Waals surface area contributed by atoms with Gasteiger partial charge in [-0.25, -0.2) is 4.99 Å². The number of ether oxygens (including phenoxy) is 3. The highest BCUT2D eigenvalue weighted by atomic mass is 32.2. The molecular formula is C28H29N3O5S. The van der Waals surface area contributed by atoms with Crippen molar-refractivity contribution in [1.29, 1.82) is 0 Å². The number of carbonyl (C=O) groups excluding carboxylic acids is 2. The average Bonchev–Trinajstić information content (AvgIpc) is 2.93. The molecule has 4 rings (SSSR count). The number of methoxy groups -OCH3 is 3. The molecule has 9 heteroatoms. The van der Waals surface area contributed by atoms with E-state index in [0.717, 1.165) is 5.56 Å².